The van der Waals surface area contributed by atoms with Gasteiger partial charge in [0.2, 0.25) is 0 Å². The SMILES string of the molecule is CN(Cc1ccccc1)Cc1ccc(CN)cc1Br. The predicted octanol–water partition coefficient (Wildman–Crippen LogP) is 3.54. The molecule has 0 aliphatic rings. The standard InChI is InChI=1S/C16H19BrN2/c1-19(11-13-5-3-2-4-6-13)12-15-8-7-14(10-18)9-16(15)17/h2-9H,10-12,18H2,1H3. The van der Waals surface area contributed by atoms with Gasteiger partial charge in [0, 0.05) is 24.1 Å². The zero-order valence-corrected chi connectivity index (χ0v) is 12.7. The van der Waals surface area contributed by atoms with Gasteiger partial charge in [-0.05, 0) is 29.8 Å². The fourth-order valence-electron chi connectivity index (χ4n) is 2.09. The summed E-state index contributed by atoms with van der Waals surface area (Å²) in [5.41, 5.74) is 9.42. The van der Waals surface area contributed by atoms with E-state index in [9.17, 15) is 0 Å². The van der Waals surface area contributed by atoms with E-state index in [0.717, 1.165) is 23.1 Å². The van der Waals surface area contributed by atoms with Crippen LogP contribution in [-0.2, 0) is 19.6 Å². The van der Waals surface area contributed by atoms with Crippen LogP contribution in [0.2, 0.25) is 0 Å². The van der Waals surface area contributed by atoms with Crippen molar-refractivity contribution in [2.45, 2.75) is 19.6 Å². The Balaban J connectivity index is 2.01. The summed E-state index contributed by atoms with van der Waals surface area (Å²) >= 11 is 3.62. The molecule has 0 saturated carbocycles. The van der Waals surface area contributed by atoms with Gasteiger partial charge in [-0.3, -0.25) is 4.90 Å². The van der Waals surface area contributed by atoms with Gasteiger partial charge in [-0.1, -0.05) is 58.4 Å². The average molecular weight is 319 g/mol. The number of hydrogen-bond donors (Lipinski definition) is 1. The molecule has 0 amide bonds. The summed E-state index contributed by atoms with van der Waals surface area (Å²) in [6, 6.07) is 16.9. The maximum atomic E-state index is 5.64. The van der Waals surface area contributed by atoms with Crippen molar-refractivity contribution in [3.63, 3.8) is 0 Å². The highest BCUT2D eigenvalue weighted by atomic mass is 79.9. The Morgan fingerprint density at radius 3 is 2.37 bits per heavy atom. The maximum Gasteiger partial charge on any atom is 0.0245 e. The summed E-state index contributed by atoms with van der Waals surface area (Å²) in [7, 11) is 2.14. The Morgan fingerprint density at radius 2 is 1.74 bits per heavy atom. The number of nitrogens with two attached hydrogens (primary N) is 1. The van der Waals surface area contributed by atoms with Crippen LogP contribution in [0.1, 0.15) is 16.7 Å². The fourth-order valence-corrected chi connectivity index (χ4v) is 2.64. The summed E-state index contributed by atoms with van der Waals surface area (Å²) in [5.74, 6) is 0. The molecule has 100 valence electrons. The van der Waals surface area contributed by atoms with Crippen molar-refractivity contribution in [1.29, 1.82) is 0 Å². The molecule has 0 unspecified atom stereocenters. The zero-order valence-electron chi connectivity index (χ0n) is 11.1. The molecule has 2 aromatic carbocycles. The van der Waals surface area contributed by atoms with Crippen LogP contribution < -0.4 is 5.73 Å². The third kappa shape index (κ3) is 4.16. The fraction of sp³-hybridized carbons (Fsp3) is 0.250. The molecule has 0 spiro atoms. The van der Waals surface area contributed by atoms with Crippen LogP contribution >= 0.6 is 15.9 Å². The normalized spacial score (nSPS) is 10.9. The molecule has 0 saturated heterocycles. The minimum Gasteiger partial charge on any atom is -0.326 e. The molecule has 2 aromatic rings. The largest absolute Gasteiger partial charge is 0.326 e. The van der Waals surface area contributed by atoms with Crippen LogP contribution in [0.3, 0.4) is 0 Å². The van der Waals surface area contributed by atoms with Crippen molar-refractivity contribution < 1.29 is 0 Å². The summed E-state index contributed by atoms with van der Waals surface area (Å²) < 4.78 is 1.13. The van der Waals surface area contributed by atoms with E-state index < -0.39 is 0 Å². The molecule has 2 rings (SSSR count). The van der Waals surface area contributed by atoms with Gasteiger partial charge in [-0.25, -0.2) is 0 Å². The number of rotatable bonds is 5. The van der Waals surface area contributed by atoms with Crippen LogP contribution in [0.4, 0.5) is 0 Å². The van der Waals surface area contributed by atoms with Crippen LogP contribution in [0.25, 0.3) is 0 Å². The smallest absolute Gasteiger partial charge is 0.0245 e. The summed E-state index contributed by atoms with van der Waals surface area (Å²) in [6.07, 6.45) is 0. The third-order valence-corrected chi connectivity index (χ3v) is 3.83. The van der Waals surface area contributed by atoms with Gasteiger partial charge in [0.15, 0.2) is 0 Å². The first-order valence-corrected chi connectivity index (χ1v) is 7.18. The molecular weight excluding hydrogens is 300 g/mol. The van der Waals surface area contributed by atoms with E-state index in [1.807, 2.05) is 6.07 Å². The maximum absolute atomic E-state index is 5.64. The van der Waals surface area contributed by atoms with Gasteiger partial charge < -0.3 is 5.73 Å². The molecule has 0 aliphatic heterocycles. The Kier molecular flexibility index (Phi) is 5.14. The van der Waals surface area contributed by atoms with E-state index in [-0.39, 0.29) is 0 Å². The monoisotopic (exact) mass is 318 g/mol. The van der Waals surface area contributed by atoms with E-state index >= 15 is 0 Å². The summed E-state index contributed by atoms with van der Waals surface area (Å²) in [6.45, 7) is 2.45. The summed E-state index contributed by atoms with van der Waals surface area (Å²) in [5, 5.41) is 0. The molecule has 0 fully saturated rings. The van der Waals surface area contributed by atoms with E-state index in [1.165, 1.54) is 11.1 Å². The predicted molar refractivity (Wildman–Crippen MR) is 83.6 cm³/mol. The van der Waals surface area contributed by atoms with Crippen molar-refractivity contribution in [2.24, 2.45) is 5.73 Å². The average Bonchev–Trinajstić information content (AvgIpc) is 2.42. The molecule has 0 aliphatic carbocycles. The van der Waals surface area contributed by atoms with Crippen molar-refractivity contribution in [2.75, 3.05) is 7.05 Å². The van der Waals surface area contributed by atoms with Crippen molar-refractivity contribution in [3.8, 4) is 0 Å². The Hall–Kier alpha value is -1.16. The van der Waals surface area contributed by atoms with Gasteiger partial charge in [0.1, 0.15) is 0 Å². The second-order valence-electron chi connectivity index (χ2n) is 4.79. The molecule has 19 heavy (non-hydrogen) atoms. The minimum atomic E-state index is 0.582. The highest BCUT2D eigenvalue weighted by molar-refractivity contribution is 9.10. The van der Waals surface area contributed by atoms with Crippen LogP contribution in [0.5, 0.6) is 0 Å². The lowest BCUT2D eigenvalue weighted by molar-refractivity contribution is 0.318. The molecule has 0 heterocycles. The molecule has 0 bridgehead atoms. The van der Waals surface area contributed by atoms with Gasteiger partial charge in [-0.15, -0.1) is 0 Å². The van der Waals surface area contributed by atoms with Crippen molar-refractivity contribution >= 4 is 15.9 Å². The van der Waals surface area contributed by atoms with E-state index in [1.54, 1.807) is 0 Å². The lowest BCUT2D eigenvalue weighted by Crippen LogP contribution is -2.17. The number of halogens is 1. The first-order valence-electron chi connectivity index (χ1n) is 6.39. The third-order valence-electron chi connectivity index (χ3n) is 3.09. The summed E-state index contributed by atoms with van der Waals surface area (Å²) in [4.78, 5) is 2.30. The minimum absolute atomic E-state index is 0.582. The van der Waals surface area contributed by atoms with Gasteiger partial charge >= 0.3 is 0 Å². The van der Waals surface area contributed by atoms with Gasteiger partial charge in [-0.2, -0.15) is 0 Å². The quantitative estimate of drug-likeness (QED) is 0.913. The second-order valence-corrected chi connectivity index (χ2v) is 5.64. The topological polar surface area (TPSA) is 29.3 Å². The number of benzene rings is 2. The first-order chi connectivity index (χ1) is 9.19. The molecule has 0 aromatic heterocycles. The van der Waals surface area contributed by atoms with E-state index in [4.69, 9.17) is 5.73 Å². The van der Waals surface area contributed by atoms with E-state index in [2.05, 4.69) is 70.3 Å². The first kappa shape index (κ1) is 14.3. The number of hydrogen-bond acceptors (Lipinski definition) is 2. The Bertz CT molecular complexity index is 526. The van der Waals surface area contributed by atoms with Crippen molar-refractivity contribution in [3.05, 3.63) is 69.7 Å². The highest BCUT2D eigenvalue weighted by Gasteiger charge is 2.05. The van der Waals surface area contributed by atoms with Crippen molar-refractivity contribution in [1.82, 2.24) is 4.90 Å². The molecule has 2 nitrogen and oxygen atoms in total. The lowest BCUT2D eigenvalue weighted by Gasteiger charge is -2.18. The second kappa shape index (κ2) is 6.85. The lowest BCUT2D eigenvalue weighted by atomic mass is 10.1. The molecule has 0 atom stereocenters. The zero-order chi connectivity index (χ0) is 13.7. The molecule has 0 radical (unpaired) electrons. The number of nitrogens with zero attached hydrogens (tertiary/aromatic N) is 1. The van der Waals surface area contributed by atoms with E-state index in [0.29, 0.717) is 6.54 Å². The van der Waals surface area contributed by atoms with Gasteiger partial charge in [0.25, 0.3) is 0 Å². The Labute approximate surface area is 123 Å². The van der Waals surface area contributed by atoms with Crippen LogP contribution in [0.15, 0.2) is 53.0 Å². The molecule has 3 heteroatoms. The Morgan fingerprint density at radius 1 is 1.00 bits per heavy atom. The van der Waals surface area contributed by atoms with Crippen LogP contribution in [0, 0.1) is 0 Å². The van der Waals surface area contributed by atoms with Crippen LogP contribution in [-0.4, -0.2) is 11.9 Å². The molecule has 2 N–H and O–H groups in total. The molecular formula is C16H19BrN2. The van der Waals surface area contributed by atoms with Gasteiger partial charge in [0.05, 0.1) is 0 Å². The highest BCUT2D eigenvalue weighted by Crippen LogP contribution is 2.20.